The molecule has 0 bridgehead atoms. The molecule has 2 aromatic carbocycles. The highest BCUT2D eigenvalue weighted by Crippen LogP contribution is 2.32. The SMILES string of the molecule is COC(=O)c1ccccc1NCCC(=O)N1c2ccccc2CC1C. The zero-order valence-corrected chi connectivity index (χ0v) is 14.5. The molecule has 25 heavy (non-hydrogen) atoms. The van der Waals surface area contributed by atoms with E-state index in [1.54, 1.807) is 12.1 Å². The van der Waals surface area contributed by atoms with Gasteiger partial charge in [-0.25, -0.2) is 4.79 Å². The fourth-order valence-corrected chi connectivity index (χ4v) is 3.30. The van der Waals surface area contributed by atoms with Gasteiger partial charge in [0.2, 0.25) is 5.91 Å². The average molecular weight is 338 g/mol. The van der Waals surface area contributed by atoms with E-state index in [0.29, 0.717) is 24.2 Å². The average Bonchev–Trinajstić information content (AvgIpc) is 2.97. The lowest BCUT2D eigenvalue weighted by Gasteiger charge is -2.23. The summed E-state index contributed by atoms with van der Waals surface area (Å²) in [6.07, 6.45) is 1.24. The Hall–Kier alpha value is -2.82. The first-order valence-electron chi connectivity index (χ1n) is 8.43. The van der Waals surface area contributed by atoms with E-state index in [1.807, 2.05) is 35.2 Å². The van der Waals surface area contributed by atoms with Gasteiger partial charge in [-0.05, 0) is 37.1 Å². The minimum atomic E-state index is -0.392. The summed E-state index contributed by atoms with van der Waals surface area (Å²) in [5.41, 5.74) is 3.37. The highest BCUT2D eigenvalue weighted by atomic mass is 16.5. The minimum Gasteiger partial charge on any atom is -0.465 e. The second kappa shape index (κ2) is 7.38. The lowest BCUT2D eigenvalue weighted by Crippen LogP contribution is -2.36. The van der Waals surface area contributed by atoms with Gasteiger partial charge in [-0.3, -0.25) is 4.79 Å². The number of carbonyl (C=O) groups is 2. The summed E-state index contributed by atoms with van der Waals surface area (Å²) in [5.74, 6) is -0.308. The lowest BCUT2D eigenvalue weighted by atomic mass is 10.1. The Kier molecular flexibility index (Phi) is 5.03. The van der Waals surface area contributed by atoms with Gasteiger partial charge in [0.1, 0.15) is 0 Å². The second-order valence-electron chi connectivity index (χ2n) is 6.16. The van der Waals surface area contributed by atoms with Crippen LogP contribution in [0.5, 0.6) is 0 Å². The van der Waals surface area contributed by atoms with Crippen molar-refractivity contribution in [2.24, 2.45) is 0 Å². The largest absolute Gasteiger partial charge is 0.465 e. The molecule has 0 saturated heterocycles. The Labute approximate surface area is 147 Å². The molecule has 2 aromatic rings. The Morgan fingerprint density at radius 2 is 1.88 bits per heavy atom. The number of carbonyl (C=O) groups excluding carboxylic acids is 2. The van der Waals surface area contributed by atoms with E-state index in [0.717, 1.165) is 12.1 Å². The molecule has 1 unspecified atom stereocenters. The molecule has 3 rings (SSSR count). The van der Waals surface area contributed by atoms with Crippen LogP contribution in [-0.2, 0) is 16.0 Å². The molecule has 5 heteroatoms. The van der Waals surface area contributed by atoms with Gasteiger partial charge in [0.05, 0.1) is 12.7 Å². The molecule has 130 valence electrons. The molecule has 0 radical (unpaired) electrons. The molecule has 0 aromatic heterocycles. The maximum atomic E-state index is 12.7. The van der Waals surface area contributed by atoms with Crippen LogP contribution < -0.4 is 10.2 Å². The zero-order valence-electron chi connectivity index (χ0n) is 14.5. The summed E-state index contributed by atoms with van der Waals surface area (Å²) in [6.45, 7) is 2.52. The fourth-order valence-electron chi connectivity index (χ4n) is 3.30. The van der Waals surface area contributed by atoms with Gasteiger partial charge in [-0.15, -0.1) is 0 Å². The van der Waals surface area contributed by atoms with Gasteiger partial charge in [0.25, 0.3) is 0 Å². The van der Waals surface area contributed by atoms with E-state index in [2.05, 4.69) is 18.3 Å². The number of ether oxygens (including phenoxy) is 1. The number of nitrogens with one attached hydrogen (secondary N) is 1. The summed E-state index contributed by atoms with van der Waals surface area (Å²) < 4.78 is 4.78. The van der Waals surface area contributed by atoms with Crippen LogP contribution in [0.15, 0.2) is 48.5 Å². The second-order valence-corrected chi connectivity index (χ2v) is 6.16. The van der Waals surface area contributed by atoms with Gasteiger partial charge in [-0.2, -0.15) is 0 Å². The van der Waals surface area contributed by atoms with Crippen LogP contribution in [0, 0.1) is 0 Å². The van der Waals surface area contributed by atoms with E-state index in [9.17, 15) is 9.59 Å². The van der Waals surface area contributed by atoms with Crippen molar-refractivity contribution >= 4 is 23.3 Å². The molecule has 0 spiro atoms. The summed E-state index contributed by atoms with van der Waals surface area (Å²) in [5, 5.41) is 3.17. The number of hydrogen-bond donors (Lipinski definition) is 1. The molecule has 5 nitrogen and oxygen atoms in total. The predicted octanol–water partition coefficient (Wildman–Crippen LogP) is 3.25. The number of amides is 1. The monoisotopic (exact) mass is 338 g/mol. The van der Waals surface area contributed by atoms with E-state index in [4.69, 9.17) is 4.74 Å². The number of methoxy groups -OCH3 is 1. The van der Waals surface area contributed by atoms with Crippen molar-refractivity contribution in [2.75, 3.05) is 23.9 Å². The van der Waals surface area contributed by atoms with Gasteiger partial charge in [0.15, 0.2) is 0 Å². The Morgan fingerprint density at radius 1 is 1.16 bits per heavy atom. The molecular formula is C20H22N2O3. The quantitative estimate of drug-likeness (QED) is 0.850. The molecule has 1 atom stereocenters. The highest BCUT2D eigenvalue weighted by Gasteiger charge is 2.29. The van der Waals surface area contributed by atoms with Crippen molar-refractivity contribution < 1.29 is 14.3 Å². The van der Waals surface area contributed by atoms with E-state index in [-0.39, 0.29) is 11.9 Å². The molecule has 1 amide bonds. The van der Waals surface area contributed by atoms with Crippen LogP contribution in [0.25, 0.3) is 0 Å². The number of benzene rings is 2. The van der Waals surface area contributed by atoms with E-state index in [1.165, 1.54) is 12.7 Å². The minimum absolute atomic E-state index is 0.0838. The van der Waals surface area contributed by atoms with Crippen LogP contribution >= 0.6 is 0 Å². The standard InChI is InChI=1S/C20H22N2O3/c1-14-13-15-7-3-6-10-18(15)22(14)19(23)11-12-21-17-9-5-4-8-16(17)20(24)25-2/h3-10,14,21H,11-13H2,1-2H3. The number of nitrogens with zero attached hydrogens (tertiary/aromatic N) is 1. The lowest BCUT2D eigenvalue weighted by molar-refractivity contribution is -0.118. The third kappa shape index (κ3) is 3.50. The number of rotatable bonds is 5. The zero-order chi connectivity index (χ0) is 17.8. The van der Waals surface area contributed by atoms with Gasteiger partial charge < -0.3 is 15.0 Å². The first-order chi connectivity index (χ1) is 12.1. The first-order valence-corrected chi connectivity index (χ1v) is 8.43. The third-order valence-corrected chi connectivity index (χ3v) is 4.46. The number of anilines is 2. The maximum Gasteiger partial charge on any atom is 0.339 e. The van der Waals surface area contributed by atoms with Gasteiger partial charge in [0, 0.05) is 30.4 Å². The van der Waals surface area contributed by atoms with Crippen molar-refractivity contribution in [3.63, 3.8) is 0 Å². The summed E-state index contributed by atoms with van der Waals surface area (Å²) in [4.78, 5) is 26.3. The number of para-hydroxylation sites is 2. The van der Waals surface area contributed by atoms with Crippen molar-refractivity contribution in [1.82, 2.24) is 0 Å². The molecule has 1 N–H and O–H groups in total. The van der Waals surface area contributed by atoms with Crippen molar-refractivity contribution in [2.45, 2.75) is 25.8 Å². The number of esters is 1. The molecule has 1 aliphatic rings. The van der Waals surface area contributed by atoms with Crippen LogP contribution in [0.1, 0.15) is 29.3 Å². The Morgan fingerprint density at radius 3 is 2.68 bits per heavy atom. The maximum absolute atomic E-state index is 12.7. The normalized spacial score (nSPS) is 15.6. The molecule has 0 saturated carbocycles. The summed E-state index contributed by atoms with van der Waals surface area (Å²) >= 11 is 0. The first kappa shape index (κ1) is 17.0. The molecule has 0 fully saturated rings. The van der Waals surface area contributed by atoms with Crippen molar-refractivity contribution in [1.29, 1.82) is 0 Å². The third-order valence-electron chi connectivity index (χ3n) is 4.46. The van der Waals surface area contributed by atoms with E-state index >= 15 is 0 Å². The fraction of sp³-hybridized carbons (Fsp3) is 0.300. The van der Waals surface area contributed by atoms with Gasteiger partial charge in [-0.1, -0.05) is 30.3 Å². The highest BCUT2D eigenvalue weighted by molar-refractivity contribution is 5.97. The Bertz CT molecular complexity index is 788. The van der Waals surface area contributed by atoms with Crippen LogP contribution in [0.2, 0.25) is 0 Å². The predicted molar refractivity (Wildman–Crippen MR) is 98.0 cm³/mol. The number of fused-ring (bicyclic) bond motifs is 1. The smallest absolute Gasteiger partial charge is 0.339 e. The van der Waals surface area contributed by atoms with Crippen LogP contribution in [0.4, 0.5) is 11.4 Å². The van der Waals surface area contributed by atoms with Crippen molar-refractivity contribution in [3.05, 3.63) is 59.7 Å². The topological polar surface area (TPSA) is 58.6 Å². The molecular weight excluding hydrogens is 316 g/mol. The summed E-state index contributed by atoms with van der Waals surface area (Å²) in [7, 11) is 1.36. The molecule has 1 heterocycles. The molecule has 1 aliphatic heterocycles. The van der Waals surface area contributed by atoms with Crippen LogP contribution in [0.3, 0.4) is 0 Å². The van der Waals surface area contributed by atoms with Crippen molar-refractivity contribution in [3.8, 4) is 0 Å². The van der Waals surface area contributed by atoms with Gasteiger partial charge >= 0.3 is 5.97 Å². The van der Waals surface area contributed by atoms with Crippen LogP contribution in [-0.4, -0.2) is 31.6 Å². The number of hydrogen-bond acceptors (Lipinski definition) is 4. The Balaban J connectivity index is 1.64. The summed E-state index contributed by atoms with van der Waals surface area (Å²) in [6, 6.07) is 15.3. The molecule has 0 aliphatic carbocycles. The van der Waals surface area contributed by atoms with E-state index < -0.39 is 5.97 Å².